The van der Waals surface area contributed by atoms with Crippen LogP contribution in [0.15, 0.2) is 18.2 Å². The number of hydrogen-bond acceptors (Lipinski definition) is 4. The Balaban J connectivity index is 2.79. The first kappa shape index (κ1) is 10.5. The minimum Gasteiger partial charge on any atom is -0.349 e. The maximum atomic E-state index is 11.5. The minimum atomic E-state index is -0.197. The van der Waals surface area contributed by atoms with E-state index in [0.717, 1.165) is 0 Å². The zero-order chi connectivity index (χ0) is 10.6. The summed E-state index contributed by atoms with van der Waals surface area (Å²) in [4.78, 5) is 15.5. The smallest absolute Gasteiger partial charge is 0.270 e. The molecule has 1 rings (SSSR count). The molecule has 5 heteroatoms. The van der Waals surface area contributed by atoms with E-state index in [1.54, 1.807) is 18.2 Å². The molecule has 0 bridgehead atoms. The number of carbonyl (C=O) groups is 1. The van der Waals surface area contributed by atoms with Crippen LogP contribution < -0.4 is 16.6 Å². The van der Waals surface area contributed by atoms with Crippen molar-refractivity contribution in [1.82, 2.24) is 10.3 Å². The van der Waals surface area contributed by atoms with Crippen LogP contribution in [0.5, 0.6) is 0 Å². The number of amides is 1. The highest BCUT2D eigenvalue weighted by Crippen LogP contribution is 2.02. The van der Waals surface area contributed by atoms with E-state index >= 15 is 0 Å². The average Bonchev–Trinajstić information content (AvgIpc) is 2.17. The van der Waals surface area contributed by atoms with Gasteiger partial charge in [-0.3, -0.25) is 4.79 Å². The molecular formula is C9H14N4O. The van der Waals surface area contributed by atoms with Crippen LogP contribution in [0.25, 0.3) is 0 Å². The van der Waals surface area contributed by atoms with Crippen LogP contribution in [0.1, 0.15) is 24.3 Å². The lowest BCUT2D eigenvalue weighted by atomic mass is 10.3. The van der Waals surface area contributed by atoms with Gasteiger partial charge in [0, 0.05) is 6.04 Å². The Hall–Kier alpha value is -1.62. The van der Waals surface area contributed by atoms with Crippen molar-refractivity contribution in [2.24, 2.45) is 5.84 Å². The van der Waals surface area contributed by atoms with Gasteiger partial charge in [0.15, 0.2) is 0 Å². The molecule has 0 aliphatic heterocycles. The Morgan fingerprint density at radius 2 is 2.21 bits per heavy atom. The van der Waals surface area contributed by atoms with Crippen molar-refractivity contribution >= 4 is 11.7 Å². The van der Waals surface area contributed by atoms with Crippen molar-refractivity contribution in [3.8, 4) is 0 Å². The lowest BCUT2D eigenvalue weighted by Crippen LogP contribution is -2.30. The van der Waals surface area contributed by atoms with E-state index in [-0.39, 0.29) is 11.9 Å². The number of nitrogens with zero attached hydrogens (tertiary/aromatic N) is 1. The Morgan fingerprint density at radius 1 is 1.50 bits per heavy atom. The van der Waals surface area contributed by atoms with Crippen LogP contribution >= 0.6 is 0 Å². The van der Waals surface area contributed by atoms with Gasteiger partial charge in [0.1, 0.15) is 11.5 Å². The van der Waals surface area contributed by atoms with Gasteiger partial charge in [-0.2, -0.15) is 0 Å². The highest BCUT2D eigenvalue weighted by atomic mass is 16.1. The second kappa shape index (κ2) is 4.57. The van der Waals surface area contributed by atoms with Gasteiger partial charge in [-0.15, -0.1) is 0 Å². The van der Waals surface area contributed by atoms with Crippen molar-refractivity contribution in [2.45, 2.75) is 19.9 Å². The first-order chi connectivity index (χ1) is 6.63. The van der Waals surface area contributed by atoms with Crippen molar-refractivity contribution in [3.63, 3.8) is 0 Å². The Bertz CT molecular complexity index is 324. The standard InChI is InChI=1S/C9H14N4O/c1-6(2)11-9(14)7-4-3-5-8(12-7)13-10/h3-6H,10H2,1-2H3,(H,11,14)(H,12,13). The first-order valence-electron chi connectivity index (χ1n) is 4.38. The molecule has 0 aromatic carbocycles. The fraction of sp³-hybridized carbons (Fsp3) is 0.333. The van der Waals surface area contributed by atoms with Crippen LogP contribution in [0.2, 0.25) is 0 Å². The quantitative estimate of drug-likeness (QED) is 0.483. The van der Waals surface area contributed by atoms with Crippen molar-refractivity contribution in [1.29, 1.82) is 0 Å². The lowest BCUT2D eigenvalue weighted by Gasteiger charge is -2.08. The summed E-state index contributed by atoms with van der Waals surface area (Å²) in [5, 5.41) is 2.74. The Morgan fingerprint density at radius 3 is 2.79 bits per heavy atom. The molecule has 0 saturated heterocycles. The summed E-state index contributed by atoms with van der Waals surface area (Å²) >= 11 is 0. The van der Waals surface area contributed by atoms with E-state index in [1.807, 2.05) is 13.8 Å². The Kier molecular flexibility index (Phi) is 3.41. The molecule has 0 unspecified atom stereocenters. The number of anilines is 1. The fourth-order valence-corrected chi connectivity index (χ4v) is 0.978. The van der Waals surface area contributed by atoms with Crippen LogP contribution in [0.4, 0.5) is 5.82 Å². The SMILES string of the molecule is CC(C)NC(=O)c1cccc(NN)n1. The molecule has 1 aromatic heterocycles. The molecule has 0 radical (unpaired) electrons. The fourth-order valence-electron chi connectivity index (χ4n) is 0.978. The van der Waals surface area contributed by atoms with Gasteiger partial charge in [-0.05, 0) is 26.0 Å². The summed E-state index contributed by atoms with van der Waals surface area (Å²) in [6.07, 6.45) is 0. The minimum absolute atomic E-state index is 0.0961. The van der Waals surface area contributed by atoms with Gasteiger partial charge in [0.2, 0.25) is 0 Å². The maximum Gasteiger partial charge on any atom is 0.270 e. The number of hydrogen-bond donors (Lipinski definition) is 3. The number of aromatic nitrogens is 1. The van der Waals surface area contributed by atoms with Gasteiger partial charge in [-0.25, -0.2) is 10.8 Å². The molecule has 1 amide bonds. The molecule has 14 heavy (non-hydrogen) atoms. The molecule has 0 atom stereocenters. The molecule has 5 nitrogen and oxygen atoms in total. The van der Waals surface area contributed by atoms with Gasteiger partial charge in [-0.1, -0.05) is 6.07 Å². The Labute approximate surface area is 82.7 Å². The zero-order valence-electron chi connectivity index (χ0n) is 8.24. The van der Waals surface area contributed by atoms with E-state index in [9.17, 15) is 4.79 Å². The van der Waals surface area contributed by atoms with E-state index in [1.165, 1.54) is 0 Å². The van der Waals surface area contributed by atoms with Gasteiger partial charge < -0.3 is 10.7 Å². The van der Waals surface area contributed by atoms with Crippen molar-refractivity contribution < 1.29 is 4.79 Å². The number of nitrogens with one attached hydrogen (secondary N) is 2. The molecule has 0 spiro atoms. The third-order valence-corrected chi connectivity index (χ3v) is 1.55. The largest absolute Gasteiger partial charge is 0.349 e. The number of nitrogen functional groups attached to an aromatic ring is 1. The molecule has 4 N–H and O–H groups in total. The topological polar surface area (TPSA) is 80.0 Å². The number of pyridine rings is 1. The summed E-state index contributed by atoms with van der Waals surface area (Å²) in [5.74, 6) is 5.45. The number of rotatable bonds is 3. The van der Waals surface area contributed by atoms with E-state index in [4.69, 9.17) is 5.84 Å². The van der Waals surface area contributed by atoms with Gasteiger partial charge in [0.05, 0.1) is 0 Å². The van der Waals surface area contributed by atoms with Gasteiger partial charge >= 0.3 is 0 Å². The molecule has 0 aliphatic rings. The summed E-state index contributed by atoms with van der Waals surface area (Å²) in [6.45, 7) is 3.78. The van der Waals surface area contributed by atoms with Crippen LogP contribution in [0, 0.1) is 0 Å². The predicted molar refractivity (Wildman–Crippen MR) is 54.6 cm³/mol. The normalized spacial score (nSPS) is 10.0. The van der Waals surface area contributed by atoms with E-state index in [2.05, 4.69) is 15.7 Å². The molecule has 0 saturated carbocycles. The third-order valence-electron chi connectivity index (χ3n) is 1.55. The van der Waals surface area contributed by atoms with E-state index < -0.39 is 0 Å². The highest BCUT2D eigenvalue weighted by Gasteiger charge is 2.08. The average molecular weight is 194 g/mol. The lowest BCUT2D eigenvalue weighted by molar-refractivity contribution is 0.0938. The third kappa shape index (κ3) is 2.70. The summed E-state index contributed by atoms with van der Waals surface area (Å²) in [6, 6.07) is 5.14. The highest BCUT2D eigenvalue weighted by molar-refractivity contribution is 5.92. The molecule has 76 valence electrons. The van der Waals surface area contributed by atoms with Crippen molar-refractivity contribution in [2.75, 3.05) is 5.43 Å². The second-order valence-electron chi connectivity index (χ2n) is 3.18. The van der Waals surface area contributed by atoms with Crippen LogP contribution in [0.3, 0.4) is 0 Å². The maximum absolute atomic E-state index is 11.5. The molecule has 0 fully saturated rings. The molecule has 1 aromatic rings. The second-order valence-corrected chi connectivity index (χ2v) is 3.18. The monoisotopic (exact) mass is 194 g/mol. The predicted octanol–water partition coefficient (Wildman–Crippen LogP) is 0.505. The first-order valence-corrected chi connectivity index (χ1v) is 4.38. The zero-order valence-corrected chi connectivity index (χ0v) is 8.24. The summed E-state index contributed by atoms with van der Waals surface area (Å²) in [7, 11) is 0. The van der Waals surface area contributed by atoms with Crippen LogP contribution in [-0.2, 0) is 0 Å². The number of nitrogens with two attached hydrogens (primary N) is 1. The molecule has 1 heterocycles. The molecule has 0 aliphatic carbocycles. The molecular weight excluding hydrogens is 180 g/mol. The van der Waals surface area contributed by atoms with Crippen molar-refractivity contribution in [3.05, 3.63) is 23.9 Å². The number of carbonyl (C=O) groups excluding carboxylic acids is 1. The summed E-state index contributed by atoms with van der Waals surface area (Å²) < 4.78 is 0. The summed E-state index contributed by atoms with van der Waals surface area (Å²) in [5.41, 5.74) is 2.74. The van der Waals surface area contributed by atoms with E-state index in [0.29, 0.717) is 11.5 Å². The van der Waals surface area contributed by atoms with Crippen LogP contribution in [-0.4, -0.2) is 16.9 Å². The number of hydrazine groups is 1. The van der Waals surface area contributed by atoms with Gasteiger partial charge in [0.25, 0.3) is 5.91 Å².